The summed E-state index contributed by atoms with van der Waals surface area (Å²) in [6, 6.07) is 7.59. The van der Waals surface area contributed by atoms with E-state index in [0.717, 1.165) is 16.8 Å². The van der Waals surface area contributed by atoms with E-state index in [0.29, 0.717) is 18.7 Å². The predicted molar refractivity (Wildman–Crippen MR) is 71.2 cm³/mol. The molecule has 0 bridgehead atoms. The molecule has 0 saturated carbocycles. The number of nitrogens with two attached hydrogens (primary N) is 1. The first kappa shape index (κ1) is 11.6. The standard InChI is InChI=1S/C14H14N4O/c1-9-3-2-4-10(5-9)13(19)18-7-11-6-16-14(15)17-12(11)8-18/h2-6H,7-8H2,1H3,(H2,15,16,17). The lowest BCUT2D eigenvalue weighted by Crippen LogP contribution is -2.25. The molecule has 0 saturated heterocycles. The molecule has 1 aliphatic heterocycles. The number of fused-ring (bicyclic) bond motifs is 1. The van der Waals surface area contributed by atoms with Gasteiger partial charge < -0.3 is 10.6 Å². The predicted octanol–water partition coefficient (Wildman–Crippen LogP) is 1.52. The van der Waals surface area contributed by atoms with Gasteiger partial charge in [-0.2, -0.15) is 0 Å². The number of benzene rings is 1. The van der Waals surface area contributed by atoms with E-state index in [1.165, 1.54) is 0 Å². The summed E-state index contributed by atoms with van der Waals surface area (Å²) in [5.74, 6) is 0.267. The van der Waals surface area contributed by atoms with E-state index >= 15 is 0 Å². The molecule has 2 N–H and O–H groups in total. The van der Waals surface area contributed by atoms with Gasteiger partial charge in [0.2, 0.25) is 5.95 Å². The van der Waals surface area contributed by atoms with Crippen LogP contribution in [0, 0.1) is 6.92 Å². The highest BCUT2D eigenvalue weighted by Gasteiger charge is 2.25. The molecular weight excluding hydrogens is 240 g/mol. The minimum Gasteiger partial charge on any atom is -0.368 e. The highest BCUT2D eigenvalue weighted by molar-refractivity contribution is 5.94. The summed E-state index contributed by atoms with van der Waals surface area (Å²) >= 11 is 0. The summed E-state index contributed by atoms with van der Waals surface area (Å²) in [5, 5.41) is 0. The second kappa shape index (κ2) is 4.35. The van der Waals surface area contributed by atoms with Gasteiger partial charge in [0.1, 0.15) is 0 Å². The molecule has 1 aromatic heterocycles. The Bertz CT molecular complexity index is 654. The lowest BCUT2D eigenvalue weighted by Gasteiger charge is -2.15. The van der Waals surface area contributed by atoms with Crippen molar-refractivity contribution in [1.82, 2.24) is 14.9 Å². The fourth-order valence-electron chi connectivity index (χ4n) is 2.27. The normalized spacial score (nSPS) is 13.4. The number of nitrogens with zero attached hydrogens (tertiary/aromatic N) is 3. The third-order valence-electron chi connectivity index (χ3n) is 3.23. The van der Waals surface area contributed by atoms with Crippen molar-refractivity contribution in [3.63, 3.8) is 0 Å². The molecule has 1 aliphatic rings. The van der Waals surface area contributed by atoms with Gasteiger partial charge in [0, 0.05) is 23.9 Å². The van der Waals surface area contributed by atoms with Crippen molar-refractivity contribution in [2.45, 2.75) is 20.0 Å². The first-order chi connectivity index (χ1) is 9.13. The first-order valence-electron chi connectivity index (χ1n) is 6.10. The van der Waals surface area contributed by atoms with Crippen LogP contribution in [0.3, 0.4) is 0 Å². The number of carbonyl (C=O) groups excluding carboxylic acids is 1. The number of rotatable bonds is 1. The van der Waals surface area contributed by atoms with Gasteiger partial charge in [-0.25, -0.2) is 9.97 Å². The van der Waals surface area contributed by atoms with Crippen LogP contribution in [0.2, 0.25) is 0 Å². The second-order valence-corrected chi connectivity index (χ2v) is 4.73. The zero-order chi connectivity index (χ0) is 13.4. The van der Waals surface area contributed by atoms with Crippen molar-refractivity contribution in [3.05, 3.63) is 52.8 Å². The number of anilines is 1. The van der Waals surface area contributed by atoms with Gasteiger partial charge in [0.05, 0.1) is 12.2 Å². The molecule has 19 heavy (non-hydrogen) atoms. The Kier molecular flexibility index (Phi) is 2.67. The Morgan fingerprint density at radius 2 is 2.21 bits per heavy atom. The van der Waals surface area contributed by atoms with Gasteiger partial charge in [-0.1, -0.05) is 17.7 Å². The SMILES string of the molecule is Cc1cccc(C(=O)N2Cc3cnc(N)nc3C2)c1. The van der Waals surface area contributed by atoms with Gasteiger partial charge in [0.25, 0.3) is 5.91 Å². The quantitative estimate of drug-likeness (QED) is 0.837. The van der Waals surface area contributed by atoms with Crippen LogP contribution < -0.4 is 5.73 Å². The van der Waals surface area contributed by atoms with Crippen LogP contribution in [0.1, 0.15) is 27.2 Å². The van der Waals surface area contributed by atoms with E-state index in [1.54, 1.807) is 11.1 Å². The molecule has 0 atom stereocenters. The van der Waals surface area contributed by atoms with Crippen LogP contribution in [0.5, 0.6) is 0 Å². The van der Waals surface area contributed by atoms with Crippen LogP contribution in [0.15, 0.2) is 30.5 Å². The highest BCUT2D eigenvalue weighted by atomic mass is 16.2. The lowest BCUT2D eigenvalue weighted by atomic mass is 10.1. The molecule has 0 aliphatic carbocycles. The summed E-state index contributed by atoms with van der Waals surface area (Å²) in [6.07, 6.45) is 1.70. The molecule has 1 amide bonds. The third kappa shape index (κ3) is 2.14. The van der Waals surface area contributed by atoms with Crippen molar-refractivity contribution in [3.8, 4) is 0 Å². The van der Waals surface area contributed by atoms with E-state index in [-0.39, 0.29) is 11.9 Å². The Balaban J connectivity index is 1.85. The van der Waals surface area contributed by atoms with Gasteiger partial charge in [-0.15, -0.1) is 0 Å². The monoisotopic (exact) mass is 254 g/mol. The van der Waals surface area contributed by atoms with E-state index in [1.807, 2.05) is 31.2 Å². The molecule has 1 aromatic carbocycles. The third-order valence-corrected chi connectivity index (χ3v) is 3.23. The number of carbonyl (C=O) groups is 1. The Hall–Kier alpha value is -2.43. The van der Waals surface area contributed by atoms with E-state index < -0.39 is 0 Å². The summed E-state index contributed by atoms with van der Waals surface area (Å²) in [5.41, 5.74) is 9.14. The molecule has 0 radical (unpaired) electrons. The maximum atomic E-state index is 12.4. The fraction of sp³-hybridized carbons (Fsp3) is 0.214. The van der Waals surface area contributed by atoms with Crippen molar-refractivity contribution in [2.24, 2.45) is 0 Å². The minimum atomic E-state index is 0.0141. The first-order valence-corrected chi connectivity index (χ1v) is 6.10. The molecule has 5 nitrogen and oxygen atoms in total. The van der Waals surface area contributed by atoms with Gasteiger partial charge in [-0.05, 0) is 19.1 Å². The Labute approximate surface area is 111 Å². The van der Waals surface area contributed by atoms with Crippen molar-refractivity contribution in [2.75, 3.05) is 5.73 Å². The molecule has 5 heteroatoms. The summed E-state index contributed by atoms with van der Waals surface area (Å²) in [4.78, 5) is 22.3. The van der Waals surface area contributed by atoms with Crippen LogP contribution in [-0.4, -0.2) is 20.8 Å². The van der Waals surface area contributed by atoms with Crippen molar-refractivity contribution in [1.29, 1.82) is 0 Å². The van der Waals surface area contributed by atoms with E-state index in [2.05, 4.69) is 9.97 Å². The van der Waals surface area contributed by atoms with Crippen LogP contribution in [0.25, 0.3) is 0 Å². The summed E-state index contributed by atoms with van der Waals surface area (Å²) in [6.45, 7) is 3.01. The van der Waals surface area contributed by atoms with E-state index in [4.69, 9.17) is 5.73 Å². The maximum absolute atomic E-state index is 12.4. The number of hydrogen-bond acceptors (Lipinski definition) is 4. The van der Waals surface area contributed by atoms with Gasteiger partial charge in [-0.3, -0.25) is 4.79 Å². The molecule has 0 unspecified atom stereocenters. The largest absolute Gasteiger partial charge is 0.368 e. The zero-order valence-electron chi connectivity index (χ0n) is 10.6. The number of aromatic nitrogens is 2. The van der Waals surface area contributed by atoms with E-state index in [9.17, 15) is 4.79 Å². The Morgan fingerprint density at radius 1 is 1.37 bits per heavy atom. The van der Waals surface area contributed by atoms with Crippen LogP contribution >= 0.6 is 0 Å². The summed E-state index contributed by atoms with van der Waals surface area (Å²) < 4.78 is 0. The minimum absolute atomic E-state index is 0.0141. The number of hydrogen-bond donors (Lipinski definition) is 1. The average molecular weight is 254 g/mol. The number of nitrogen functional groups attached to an aromatic ring is 1. The molecular formula is C14H14N4O. The lowest BCUT2D eigenvalue weighted by molar-refractivity contribution is 0.0750. The van der Waals surface area contributed by atoms with Crippen molar-refractivity contribution >= 4 is 11.9 Å². The smallest absolute Gasteiger partial charge is 0.254 e. The second-order valence-electron chi connectivity index (χ2n) is 4.73. The number of aryl methyl sites for hydroxylation is 1. The Morgan fingerprint density at radius 3 is 3.00 bits per heavy atom. The molecule has 3 rings (SSSR count). The molecule has 0 fully saturated rings. The molecule has 2 aromatic rings. The fourth-order valence-corrected chi connectivity index (χ4v) is 2.27. The topological polar surface area (TPSA) is 72.1 Å². The summed E-state index contributed by atoms with van der Waals surface area (Å²) in [7, 11) is 0. The van der Waals surface area contributed by atoms with Crippen molar-refractivity contribution < 1.29 is 4.79 Å². The van der Waals surface area contributed by atoms with Crippen LogP contribution in [-0.2, 0) is 13.1 Å². The molecule has 0 spiro atoms. The maximum Gasteiger partial charge on any atom is 0.254 e. The van der Waals surface area contributed by atoms with Gasteiger partial charge >= 0.3 is 0 Å². The molecule has 2 heterocycles. The molecule has 96 valence electrons. The van der Waals surface area contributed by atoms with Gasteiger partial charge in [0.15, 0.2) is 0 Å². The van der Waals surface area contributed by atoms with Crippen LogP contribution in [0.4, 0.5) is 5.95 Å². The average Bonchev–Trinajstić information content (AvgIpc) is 2.80. The number of amides is 1. The zero-order valence-corrected chi connectivity index (χ0v) is 10.6. The highest BCUT2D eigenvalue weighted by Crippen LogP contribution is 2.22.